The van der Waals surface area contributed by atoms with Gasteiger partial charge in [0, 0.05) is 32.2 Å². The molecule has 1 aliphatic rings. The Morgan fingerprint density at radius 2 is 1.67 bits per heavy atom. The molecule has 1 heterocycles. The van der Waals surface area contributed by atoms with E-state index in [0.29, 0.717) is 6.04 Å². The minimum Gasteiger partial charge on any atom is -0.314 e. The van der Waals surface area contributed by atoms with Crippen LogP contribution in [0.3, 0.4) is 0 Å². The first kappa shape index (κ1) is 17.7. The summed E-state index contributed by atoms with van der Waals surface area (Å²) in [5.74, 6) is 0. The van der Waals surface area contributed by atoms with E-state index in [9.17, 15) is 0 Å². The molecule has 0 aliphatic carbocycles. The summed E-state index contributed by atoms with van der Waals surface area (Å²) < 4.78 is 0. The van der Waals surface area contributed by atoms with E-state index in [0.717, 1.165) is 13.1 Å². The van der Waals surface area contributed by atoms with Crippen LogP contribution < -0.4 is 5.32 Å². The first-order valence-electron chi connectivity index (χ1n) is 6.32. The van der Waals surface area contributed by atoms with Gasteiger partial charge < -0.3 is 5.32 Å². The molecule has 0 aromatic heterocycles. The number of rotatable bonds is 3. The second-order valence-electron chi connectivity index (χ2n) is 4.62. The number of nitrogens with one attached hydrogen (secondary N) is 1. The molecule has 1 aliphatic heterocycles. The molecule has 0 bridgehead atoms. The predicted molar refractivity (Wildman–Crippen MR) is 83.1 cm³/mol. The van der Waals surface area contributed by atoms with Crippen LogP contribution >= 0.6 is 24.8 Å². The number of aryl methyl sites for hydroxylation is 1. The fourth-order valence-corrected chi connectivity index (χ4v) is 2.49. The molecule has 0 spiro atoms. The van der Waals surface area contributed by atoms with Gasteiger partial charge in [0.15, 0.2) is 0 Å². The van der Waals surface area contributed by atoms with E-state index >= 15 is 0 Å². The van der Waals surface area contributed by atoms with Gasteiger partial charge in [0.1, 0.15) is 0 Å². The van der Waals surface area contributed by atoms with Crippen molar-refractivity contribution in [1.29, 1.82) is 0 Å². The van der Waals surface area contributed by atoms with Crippen molar-refractivity contribution in [2.24, 2.45) is 0 Å². The van der Waals surface area contributed by atoms with Gasteiger partial charge in [-0.1, -0.05) is 36.8 Å². The Hall–Kier alpha value is -0.280. The minimum absolute atomic E-state index is 0. The first-order valence-corrected chi connectivity index (χ1v) is 6.32. The quantitative estimate of drug-likeness (QED) is 0.920. The molecule has 0 amide bonds. The molecule has 0 radical (unpaired) electrons. The lowest BCUT2D eigenvalue weighted by Gasteiger charge is -2.34. The summed E-state index contributed by atoms with van der Waals surface area (Å²) >= 11 is 0. The smallest absolute Gasteiger partial charge is 0.0346 e. The molecular weight excluding hydrogens is 267 g/mol. The summed E-state index contributed by atoms with van der Waals surface area (Å²) in [6.45, 7) is 9.03. The van der Waals surface area contributed by atoms with Crippen molar-refractivity contribution >= 4 is 24.8 Å². The zero-order chi connectivity index (χ0) is 11.4. The van der Waals surface area contributed by atoms with E-state index < -0.39 is 0 Å². The SMILES string of the molecule is CC[C@@H](c1ccc(C)cc1)N1CCNCC1.Cl.Cl. The molecule has 2 rings (SSSR count). The van der Waals surface area contributed by atoms with Crippen molar-refractivity contribution in [2.75, 3.05) is 26.2 Å². The molecule has 0 saturated carbocycles. The molecular formula is C14H24Cl2N2. The highest BCUT2D eigenvalue weighted by Crippen LogP contribution is 2.24. The topological polar surface area (TPSA) is 15.3 Å². The third-order valence-corrected chi connectivity index (χ3v) is 3.44. The maximum Gasteiger partial charge on any atom is 0.0346 e. The molecule has 0 unspecified atom stereocenters. The van der Waals surface area contributed by atoms with Crippen LogP contribution in [0.1, 0.15) is 30.5 Å². The van der Waals surface area contributed by atoms with Gasteiger partial charge in [0.05, 0.1) is 0 Å². The van der Waals surface area contributed by atoms with E-state index in [1.165, 1.54) is 30.6 Å². The number of benzene rings is 1. The van der Waals surface area contributed by atoms with Crippen molar-refractivity contribution in [2.45, 2.75) is 26.3 Å². The summed E-state index contributed by atoms with van der Waals surface area (Å²) in [5, 5.41) is 3.41. The maximum absolute atomic E-state index is 3.41. The van der Waals surface area contributed by atoms with Crippen molar-refractivity contribution in [3.8, 4) is 0 Å². The zero-order valence-corrected chi connectivity index (χ0v) is 12.8. The van der Waals surface area contributed by atoms with Crippen LogP contribution in [0.2, 0.25) is 0 Å². The number of nitrogens with zero attached hydrogens (tertiary/aromatic N) is 1. The molecule has 1 N–H and O–H groups in total. The van der Waals surface area contributed by atoms with Crippen LogP contribution in [0.5, 0.6) is 0 Å². The highest BCUT2D eigenvalue weighted by Gasteiger charge is 2.19. The molecule has 1 fully saturated rings. The molecule has 2 nitrogen and oxygen atoms in total. The second kappa shape index (κ2) is 8.76. The third kappa shape index (κ3) is 4.43. The van der Waals surface area contributed by atoms with Crippen molar-refractivity contribution in [1.82, 2.24) is 10.2 Å². The summed E-state index contributed by atoms with van der Waals surface area (Å²) in [5.41, 5.74) is 2.81. The highest BCUT2D eigenvalue weighted by atomic mass is 35.5. The Kier molecular flexibility index (Phi) is 8.62. The molecule has 104 valence electrons. The molecule has 1 aromatic rings. The first-order chi connectivity index (χ1) is 7.81. The monoisotopic (exact) mass is 290 g/mol. The Morgan fingerprint density at radius 3 is 2.17 bits per heavy atom. The Labute approximate surface area is 123 Å². The van der Waals surface area contributed by atoms with Crippen LogP contribution in [0.4, 0.5) is 0 Å². The van der Waals surface area contributed by atoms with Crippen molar-refractivity contribution < 1.29 is 0 Å². The van der Waals surface area contributed by atoms with E-state index in [2.05, 4.69) is 48.3 Å². The Bertz CT molecular complexity index is 321. The number of halogens is 2. The van der Waals surface area contributed by atoms with Crippen LogP contribution in [0.25, 0.3) is 0 Å². The predicted octanol–water partition coefficient (Wildman–Crippen LogP) is 3.19. The maximum atomic E-state index is 3.41. The van der Waals surface area contributed by atoms with E-state index in [4.69, 9.17) is 0 Å². The fourth-order valence-electron chi connectivity index (χ4n) is 2.49. The van der Waals surface area contributed by atoms with Crippen LogP contribution in [-0.2, 0) is 0 Å². The van der Waals surface area contributed by atoms with Crippen LogP contribution in [0.15, 0.2) is 24.3 Å². The van der Waals surface area contributed by atoms with E-state index in [1.807, 2.05) is 0 Å². The summed E-state index contributed by atoms with van der Waals surface area (Å²) in [6, 6.07) is 9.61. The van der Waals surface area contributed by atoms with E-state index in [-0.39, 0.29) is 24.8 Å². The lowest BCUT2D eigenvalue weighted by molar-refractivity contribution is 0.169. The third-order valence-electron chi connectivity index (χ3n) is 3.44. The average Bonchev–Trinajstić information content (AvgIpc) is 2.34. The minimum atomic E-state index is 0. The van der Waals surface area contributed by atoms with Gasteiger partial charge in [-0.15, -0.1) is 24.8 Å². The van der Waals surface area contributed by atoms with Crippen LogP contribution in [-0.4, -0.2) is 31.1 Å². The standard InChI is InChI=1S/C14H22N2.2ClH/c1-3-14(16-10-8-15-9-11-16)13-6-4-12(2)5-7-13;;/h4-7,14-15H,3,8-11H2,1-2H3;2*1H/t14-;;/m0../s1. The summed E-state index contributed by atoms with van der Waals surface area (Å²) in [6.07, 6.45) is 1.20. The van der Waals surface area contributed by atoms with Gasteiger partial charge in [0.2, 0.25) is 0 Å². The van der Waals surface area contributed by atoms with Gasteiger partial charge in [0.25, 0.3) is 0 Å². The number of piperazine rings is 1. The molecule has 18 heavy (non-hydrogen) atoms. The number of hydrogen-bond donors (Lipinski definition) is 1. The number of hydrogen-bond acceptors (Lipinski definition) is 2. The lowest BCUT2D eigenvalue weighted by atomic mass is 10.0. The van der Waals surface area contributed by atoms with Gasteiger partial charge in [-0.2, -0.15) is 0 Å². The molecule has 4 heteroatoms. The van der Waals surface area contributed by atoms with Gasteiger partial charge in [-0.25, -0.2) is 0 Å². The van der Waals surface area contributed by atoms with Crippen molar-refractivity contribution in [3.63, 3.8) is 0 Å². The molecule has 1 atom stereocenters. The van der Waals surface area contributed by atoms with E-state index in [1.54, 1.807) is 0 Å². The summed E-state index contributed by atoms with van der Waals surface area (Å²) in [4.78, 5) is 2.60. The normalized spacial score (nSPS) is 17.4. The van der Waals surface area contributed by atoms with Gasteiger partial charge >= 0.3 is 0 Å². The fraction of sp³-hybridized carbons (Fsp3) is 0.571. The second-order valence-corrected chi connectivity index (χ2v) is 4.62. The Balaban J connectivity index is 0.00000144. The molecule has 1 aromatic carbocycles. The van der Waals surface area contributed by atoms with Gasteiger partial charge in [-0.05, 0) is 18.9 Å². The van der Waals surface area contributed by atoms with Crippen molar-refractivity contribution in [3.05, 3.63) is 35.4 Å². The molecule has 1 saturated heterocycles. The Morgan fingerprint density at radius 1 is 1.11 bits per heavy atom. The highest BCUT2D eigenvalue weighted by molar-refractivity contribution is 5.85. The zero-order valence-electron chi connectivity index (χ0n) is 11.2. The summed E-state index contributed by atoms with van der Waals surface area (Å²) in [7, 11) is 0. The van der Waals surface area contributed by atoms with Crippen LogP contribution in [0, 0.1) is 6.92 Å². The van der Waals surface area contributed by atoms with Gasteiger partial charge in [-0.3, -0.25) is 4.90 Å². The largest absolute Gasteiger partial charge is 0.314 e. The average molecular weight is 291 g/mol. The lowest BCUT2D eigenvalue weighted by Crippen LogP contribution is -2.45.